The van der Waals surface area contributed by atoms with Gasteiger partial charge in [-0.2, -0.15) is 0 Å². The summed E-state index contributed by atoms with van der Waals surface area (Å²) in [5, 5.41) is 0. The van der Waals surface area contributed by atoms with Gasteiger partial charge in [0.2, 0.25) is 0 Å². The van der Waals surface area contributed by atoms with E-state index in [1.165, 1.54) is 0 Å². The van der Waals surface area contributed by atoms with Crippen molar-refractivity contribution in [2.24, 2.45) is 0 Å². The second-order valence-corrected chi connectivity index (χ2v) is 1.92. The molecule has 5 heteroatoms. The van der Waals surface area contributed by atoms with Crippen molar-refractivity contribution < 1.29 is 10.2 Å². The molecule has 5 nitrogen and oxygen atoms in total. The summed E-state index contributed by atoms with van der Waals surface area (Å²) >= 11 is 0. The largest absolute Gasteiger partial charge is 0.412 e. The zero-order valence-corrected chi connectivity index (χ0v) is 6.60. The maximum absolute atomic E-state index is 5.10. The Morgan fingerprint density at radius 2 is 1.50 bits per heavy atom. The van der Waals surface area contributed by atoms with E-state index in [4.69, 9.17) is 4.74 Å². The summed E-state index contributed by atoms with van der Waals surface area (Å²) in [6.45, 7) is 4.02. The van der Waals surface area contributed by atoms with Gasteiger partial charge in [-0.1, -0.05) is 0 Å². The fraction of sp³-hybridized carbons (Fsp3) is 1.00. The van der Waals surface area contributed by atoms with Crippen molar-refractivity contribution in [2.45, 2.75) is 0 Å². The quantitative estimate of drug-likeness (QED) is 0.485. The van der Waals surface area contributed by atoms with Gasteiger partial charge in [-0.05, 0) is 7.05 Å². The van der Waals surface area contributed by atoms with Crippen LogP contribution in [-0.2, 0) is 4.74 Å². The highest BCUT2D eigenvalue weighted by Crippen LogP contribution is 1.89. The molecule has 0 radical (unpaired) electrons. The standard InChI is InChI=1S/C5H11NO.2H3N.H2O/c1-6-2-4-7-5-3-6;;;/h2-5H2,1H3;2*1H3;1H2. The summed E-state index contributed by atoms with van der Waals surface area (Å²) in [6, 6.07) is 0. The average molecular weight is 153 g/mol. The molecule has 0 spiro atoms. The molecule has 0 aliphatic carbocycles. The molecule has 0 aromatic rings. The lowest BCUT2D eigenvalue weighted by atomic mass is 10.5. The van der Waals surface area contributed by atoms with Gasteiger partial charge in [-0.25, -0.2) is 0 Å². The normalized spacial score (nSPS) is 17.7. The van der Waals surface area contributed by atoms with Crippen LogP contribution in [-0.4, -0.2) is 43.7 Å². The number of likely N-dealkylation sites (N-methyl/N-ethyl adjacent to an activating group) is 1. The molecule has 1 rings (SSSR count). The van der Waals surface area contributed by atoms with Crippen LogP contribution in [0.15, 0.2) is 0 Å². The second-order valence-electron chi connectivity index (χ2n) is 1.92. The van der Waals surface area contributed by atoms with Crippen molar-refractivity contribution in [1.82, 2.24) is 17.2 Å². The molecular formula is C5H19N3O2. The van der Waals surface area contributed by atoms with E-state index in [9.17, 15) is 0 Å². The molecular weight excluding hydrogens is 134 g/mol. The maximum atomic E-state index is 5.10. The second kappa shape index (κ2) is 8.80. The molecule has 1 heterocycles. The van der Waals surface area contributed by atoms with Gasteiger partial charge < -0.3 is 27.4 Å². The third-order valence-electron chi connectivity index (χ3n) is 1.23. The van der Waals surface area contributed by atoms with Crippen LogP contribution in [0, 0.1) is 0 Å². The molecule has 1 fully saturated rings. The Hall–Kier alpha value is -0.200. The van der Waals surface area contributed by atoms with E-state index in [1.54, 1.807) is 0 Å². The Labute approximate surface area is 61.8 Å². The summed E-state index contributed by atoms with van der Waals surface area (Å²) in [6.07, 6.45) is 0. The predicted octanol–water partition coefficient (Wildman–Crippen LogP) is -0.552. The van der Waals surface area contributed by atoms with E-state index in [2.05, 4.69) is 11.9 Å². The van der Waals surface area contributed by atoms with E-state index in [-0.39, 0.29) is 17.8 Å². The molecule has 0 amide bonds. The Balaban J connectivity index is -0.000000163. The number of hydrogen-bond donors (Lipinski definition) is 2. The summed E-state index contributed by atoms with van der Waals surface area (Å²) in [7, 11) is 2.11. The number of nitrogens with zero attached hydrogens (tertiary/aromatic N) is 1. The van der Waals surface area contributed by atoms with Crippen LogP contribution in [0.3, 0.4) is 0 Å². The van der Waals surface area contributed by atoms with Gasteiger partial charge in [0.1, 0.15) is 0 Å². The van der Waals surface area contributed by atoms with E-state index in [0.717, 1.165) is 26.3 Å². The predicted molar refractivity (Wildman–Crippen MR) is 42.0 cm³/mol. The lowest BCUT2D eigenvalue weighted by Crippen LogP contribution is -2.32. The van der Waals surface area contributed by atoms with Crippen LogP contribution in [0.5, 0.6) is 0 Å². The first-order chi connectivity index (χ1) is 3.39. The molecule has 66 valence electrons. The lowest BCUT2D eigenvalue weighted by molar-refractivity contribution is 0.0503. The molecule has 1 saturated heterocycles. The van der Waals surface area contributed by atoms with Crippen molar-refractivity contribution in [3.05, 3.63) is 0 Å². The summed E-state index contributed by atoms with van der Waals surface area (Å²) in [5.74, 6) is 0. The van der Waals surface area contributed by atoms with Gasteiger partial charge in [0.25, 0.3) is 0 Å². The van der Waals surface area contributed by atoms with Crippen molar-refractivity contribution in [2.75, 3.05) is 33.4 Å². The summed E-state index contributed by atoms with van der Waals surface area (Å²) < 4.78 is 5.10. The number of ether oxygens (including phenoxy) is 1. The minimum atomic E-state index is 0. The van der Waals surface area contributed by atoms with E-state index < -0.39 is 0 Å². The number of rotatable bonds is 0. The van der Waals surface area contributed by atoms with Crippen LogP contribution in [0.2, 0.25) is 0 Å². The molecule has 1 aliphatic rings. The van der Waals surface area contributed by atoms with Crippen molar-refractivity contribution in [3.8, 4) is 0 Å². The first-order valence-electron chi connectivity index (χ1n) is 2.66. The first-order valence-corrected chi connectivity index (χ1v) is 2.66. The molecule has 1 aliphatic heterocycles. The minimum absolute atomic E-state index is 0. The van der Waals surface area contributed by atoms with Crippen LogP contribution in [0.1, 0.15) is 0 Å². The van der Waals surface area contributed by atoms with Crippen LogP contribution < -0.4 is 12.3 Å². The third-order valence-corrected chi connectivity index (χ3v) is 1.23. The zero-order chi connectivity index (χ0) is 5.11. The van der Waals surface area contributed by atoms with Gasteiger partial charge in [0.15, 0.2) is 0 Å². The summed E-state index contributed by atoms with van der Waals surface area (Å²) in [5.41, 5.74) is 0. The Morgan fingerprint density at radius 1 is 1.10 bits per heavy atom. The minimum Gasteiger partial charge on any atom is -0.412 e. The smallest absolute Gasteiger partial charge is 0.0594 e. The molecule has 8 N–H and O–H groups in total. The van der Waals surface area contributed by atoms with E-state index in [0.29, 0.717) is 0 Å². The Bertz CT molecular complexity index is 56.9. The molecule has 0 atom stereocenters. The van der Waals surface area contributed by atoms with Gasteiger partial charge in [-0.15, -0.1) is 0 Å². The highest BCUT2D eigenvalue weighted by molar-refractivity contribution is 4.53. The van der Waals surface area contributed by atoms with E-state index in [1.807, 2.05) is 0 Å². The number of hydrogen-bond acceptors (Lipinski definition) is 4. The molecule has 10 heavy (non-hydrogen) atoms. The van der Waals surface area contributed by atoms with Gasteiger partial charge in [0, 0.05) is 13.1 Å². The third kappa shape index (κ3) is 5.93. The Kier molecular flexibility index (Phi) is 14.4. The van der Waals surface area contributed by atoms with Crippen LogP contribution in [0.25, 0.3) is 0 Å². The molecule has 0 saturated carbocycles. The molecule has 0 aromatic heterocycles. The van der Waals surface area contributed by atoms with Gasteiger partial charge in [-0.3, -0.25) is 0 Å². The Morgan fingerprint density at radius 3 is 1.70 bits per heavy atom. The topological polar surface area (TPSA) is 114 Å². The van der Waals surface area contributed by atoms with Gasteiger partial charge >= 0.3 is 0 Å². The monoisotopic (exact) mass is 153 g/mol. The van der Waals surface area contributed by atoms with Crippen LogP contribution >= 0.6 is 0 Å². The number of morpholine rings is 1. The van der Waals surface area contributed by atoms with Gasteiger partial charge in [0.05, 0.1) is 13.2 Å². The maximum Gasteiger partial charge on any atom is 0.0594 e. The van der Waals surface area contributed by atoms with Crippen molar-refractivity contribution in [3.63, 3.8) is 0 Å². The van der Waals surface area contributed by atoms with Crippen molar-refractivity contribution >= 4 is 0 Å². The van der Waals surface area contributed by atoms with Crippen molar-refractivity contribution in [1.29, 1.82) is 0 Å². The lowest BCUT2D eigenvalue weighted by Gasteiger charge is -2.21. The average Bonchev–Trinajstić information content (AvgIpc) is 1.69. The SMILES string of the molecule is CN1CCOCC1.N.N.O. The molecule has 0 bridgehead atoms. The molecule has 0 unspecified atom stereocenters. The van der Waals surface area contributed by atoms with Crippen LogP contribution in [0.4, 0.5) is 0 Å². The summed E-state index contributed by atoms with van der Waals surface area (Å²) in [4.78, 5) is 2.27. The first kappa shape index (κ1) is 16.4. The highest BCUT2D eigenvalue weighted by Gasteiger charge is 2.02. The fourth-order valence-electron chi connectivity index (χ4n) is 0.655. The fourth-order valence-corrected chi connectivity index (χ4v) is 0.655. The zero-order valence-electron chi connectivity index (χ0n) is 6.60. The highest BCUT2D eigenvalue weighted by atomic mass is 16.5. The van der Waals surface area contributed by atoms with E-state index >= 15 is 0 Å². The molecule has 0 aromatic carbocycles.